The van der Waals surface area contributed by atoms with Crippen molar-refractivity contribution in [3.05, 3.63) is 35.6 Å². The fraction of sp³-hybridized carbons (Fsp3) is 0.364. The first kappa shape index (κ1) is 10.1. The molecule has 0 fully saturated rings. The summed E-state index contributed by atoms with van der Waals surface area (Å²) in [6.45, 7) is 0.990. The molecular weight excluding hydrogens is 195 g/mol. The third-order valence-corrected chi connectivity index (χ3v) is 2.33. The van der Waals surface area contributed by atoms with Gasteiger partial charge in [0.25, 0.3) is 0 Å². The van der Waals surface area contributed by atoms with Crippen LogP contribution in [0.4, 0.5) is 4.39 Å². The molecular formula is C11H13FN2O. The van der Waals surface area contributed by atoms with Gasteiger partial charge in [0, 0.05) is 6.42 Å². The molecule has 2 rings (SSSR count). The zero-order chi connectivity index (χ0) is 10.7. The second kappa shape index (κ2) is 4.40. The van der Waals surface area contributed by atoms with Crippen LogP contribution in [0.5, 0.6) is 0 Å². The van der Waals surface area contributed by atoms with Gasteiger partial charge in [-0.15, -0.1) is 0 Å². The number of hydrogen-bond donors (Lipinski definition) is 1. The van der Waals surface area contributed by atoms with Crippen molar-refractivity contribution in [3.8, 4) is 0 Å². The first-order chi connectivity index (χ1) is 7.28. The van der Waals surface area contributed by atoms with Gasteiger partial charge in [-0.25, -0.2) is 4.39 Å². The zero-order valence-corrected chi connectivity index (χ0v) is 8.32. The second-order valence-electron chi connectivity index (χ2n) is 3.51. The molecule has 1 aliphatic rings. The van der Waals surface area contributed by atoms with Crippen molar-refractivity contribution in [1.29, 1.82) is 0 Å². The molecule has 1 unspecified atom stereocenters. The zero-order valence-electron chi connectivity index (χ0n) is 8.32. The summed E-state index contributed by atoms with van der Waals surface area (Å²) < 4.78 is 18.1. The molecule has 1 heterocycles. The third kappa shape index (κ3) is 2.53. The van der Waals surface area contributed by atoms with Gasteiger partial charge in [-0.1, -0.05) is 12.1 Å². The van der Waals surface area contributed by atoms with E-state index in [4.69, 9.17) is 10.5 Å². The molecule has 0 bridgehead atoms. The minimum atomic E-state index is -0.218. The summed E-state index contributed by atoms with van der Waals surface area (Å²) in [7, 11) is 0. The van der Waals surface area contributed by atoms with E-state index < -0.39 is 0 Å². The summed E-state index contributed by atoms with van der Waals surface area (Å²) in [5.74, 6) is 0.395. The van der Waals surface area contributed by atoms with Crippen LogP contribution in [0.3, 0.4) is 0 Å². The molecule has 1 atom stereocenters. The van der Waals surface area contributed by atoms with E-state index in [1.807, 2.05) is 0 Å². The molecule has 0 spiro atoms. The lowest BCUT2D eigenvalue weighted by molar-refractivity contribution is 0.221. The van der Waals surface area contributed by atoms with E-state index in [1.165, 1.54) is 12.1 Å². The molecule has 15 heavy (non-hydrogen) atoms. The van der Waals surface area contributed by atoms with Gasteiger partial charge < -0.3 is 10.5 Å². The number of hydrogen-bond acceptors (Lipinski definition) is 3. The lowest BCUT2D eigenvalue weighted by atomic mass is 10.1. The summed E-state index contributed by atoms with van der Waals surface area (Å²) in [4.78, 5) is 4.14. The molecule has 1 aromatic carbocycles. The van der Waals surface area contributed by atoms with E-state index in [9.17, 15) is 4.39 Å². The van der Waals surface area contributed by atoms with E-state index >= 15 is 0 Å². The topological polar surface area (TPSA) is 47.6 Å². The number of aliphatic imine (C=N–C) groups is 1. The van der Waals surface area contributed by atoms with Crippen molar-refractivity contribution in [1.82, 2.24) is 0 Å². The Kier molecular flexibility index (Phi) is 2.97. The maximum Gasteiger partial charge on any atom is 0.197 e. The van der Waals surface area contributed by atoms with Crippen LogP contribution in [0.25, 0.3) is 0 Å². The normalized spacial score (nSPS) is 19.9. The average molecular weight is 208 g/mol. The van der Waals surface area contributed by atoms with Crippen LogP contribution in [-0.4, -0.2) is 25.1 Å². The fourth-order valence-corrected chi connectivity index (χ4v) is 1.57. The molecule has 1 aromatic rings. The van der Waals surface area contributed by atoms with Gasteiger partial charge in [0.2, 0.25) is 0 Å². The maximum absolute atomic E-state index is 12.6. The van der Waals surface area contributed by atoms with Gasteiger partial charge >= 0.3 is 0 Å². The summed E-state index contributed by atoms with van der Waals surface area (Å²) >= 11 is 0. The maximum atomic E-state index is 12.6. The Morgan fingerprint density at radius 3 is 2.73 bits per heavy atom. The minimum absolute atomic E-state index is 0.0500. The van der Waals surface area contributed by atoms with Crippen LogP contribution >= 0.6 is 0 Å². The third-order valence-electron chi connectivity index (χ3n) is 2.33. The molecule has 80 valence electrons. The predicted octanol–water partition coefficient (Wildman–Crippen LogP) is 1.12. The smallest absolute Gasteiger partial charge is 0.197 e. The van der Waals surface area contributed by atoms with Crippen molar-refractivity contribution in [2.45, 2.75) is 12.5 Å². The van der Waals surface area contributed by atoms with Crippen LogP contribution in [0.2, 0.25) is 0 Å². The van der Waals surface area contributed by atoms with E-state index in [0.29, 0.717) is 19.0 Å². The lowest BCUT2D eigenvalue weighted by Crippen LogP contribution is -2.20. The number of nitrogens with two attached hydrogens (primary N) is 1. The molecule has 0 amide bonds. The van der Waals surface area contributed by atoms with E-state index in [1.54, 1.807) is 12.1 Å². The fourth-order valence-electron chi connectivity index (χ4n) is 1.57. The highest BCUT2D eigenvalue weighted by molar-refractivity contribution is 5.79. The monoisotopic (exact) mass is 208 g/mol. The molecule has 0 saturated heterocycles. The summed E-state index contributed by atoms with van der Waals surface area (Å²) in [5, 5.41) is 0. The summed E-state index contributed by atoms with van der Waals surface area (Å²) in [6, 6.07) is 6.43. The van der Waals surface area contributed by atoms with E-state index in [-0.39, 0.29) is 11.9 Å². The van der Waals surface area contributed by atoms with E-state index in [2.05, 4.69) is 4.99 Å². The van der Waals surface area contributed by atoms with Crippen molar-refractivity contribution in [3.63, 3.8) is 0 Å². The molecule has 4 heteroatoms. The van der Waals surface area contributed by atoms with Gasteiger partial charge in [-0.3, -0.25) is 4.99 Å². The summed E-state index contributed by atoms with van der Waals surface area (Å²) in [5.41, 5.74) is 6.45. The molecule has 1 aliphatic heterocycles. The highest BCUT2D eigenvalue weighted by atomic mass is 19.1. The van der Waals surface area contributed by atoms with Crippen LogP contribution in [0, 0.1) is 5.82 Å². The SMILES string of the molecule is NCC1=NCC(Cc2ccc(F)cc2)O1. The first-order valence-electron chi connectivity index (χ1n) is 4.92. The summed E-state index contributed by atoms with van der Waals surface area (Å²) in [6.07, 6.45) is 0.793. The van der Waals surface area contributed by atoms with E-state index in [0.717, 1.165) is 12.0 Å². The Labute approximate surface area is 87.8 Å². The van der Waals surface area contributed by atoms with Crippen LogP contribution in [-0.2, 0) is 11.2 Å². The first-order valence-corrected chi connectivity index (χ1v) is 4.92. The molecule has 2 N–H and O–H groups in total. The largest absolute Gasteiger partial charge is 0.474 e. The van der Waals surface area contributed by atoms with Crippen molar-refractivity contribution in [2.75, 3.05) is 13.1 Å². The van der Waals surface area contributed by atoms with Crippen molar-refractivity contribution < 1.29 is 9.13 Å². The van der Waals surface area contributed by atoms with Crippen molar-refractivity contribution in [2.24, 2.45) is 10.7 Å². The lowest BCUT2D eigenvalue weighted by Gasteiger charge is -2.10. The van der Waals surface area contributed by atoms with Crippen LogP contribution in [0.15, 0.2) is 29.3 Å². The molecule has 0 radical (unpaired) electrons. The molecule has 0 aromatic heterocycles. The second-order valence-corrected chi connectivity index (χ2v) is 3.51. The minimum Gasteiger partial charge on any atom is -0.474 e. The number of ether oxygens (including phenoxy) is 1. The highest BCUT2D eigenvalue weighted by Gasteiger charge is 2.18. The van der Waals surface area contributed by atoms with Gasteiger partial charge in [0.15, 0.2) is 5.90 Å². The number of nitrogens with zero attached hydrogens (tertiary/aromatic N) is 1. The Morgan fingerprint density at radius 1 is 1.40 bits per heavy atom. The Balaban J connectivity index is 1.91. The standard InChI is InChI=1S/C11H13FN2O/c12-9-3-1-8(2-4-9)5-10-7-14-11(6-13)15-10/h1-4,10H,5-7,13H2. The van der Waals surface area contributed by atoms with Crippen LogP contribution in [0.1, 0.15) is 5.56 Å². The van der Waals surface area contributed by atoms with Gasteiger partial charge in [-0.2, -0.15) is 0 Å². The van der Waals surface area contributed by atoms with Gasteiger partial charge in [0.05, 0.1) is 13.1 Å². The Bertz CT molecular complexity index is 361. The number of halogens is 1. The predicted molar refractivity (Wildman–Crippen MR) is 56.3 cm³/mol. The molecule has 3 nitrogen and oxygen atoms in total. The highest BCUT2D eigenvalue weighted by Crippen LogP contribution is 2.12. The van der Waals surface area contributed by atoms with Gasteiger partial charge in [0.1, 0.15) is 11.9 Å². The van der Waals surface area contributed by atoms with Crippen LogP contribution < -0.4 is 5.73 Å². The number of rotatable bonds is 3. The number of benzene rings is 1. The Morgan fingerprint density at radius 2 is 2.13 bits per heavy atom. The molecule has 0 saturated carbocycles. The Hall–Kier alpha value is -1.42. The van der Waals surface area contributed by atoms with Gasteiger partial charge in [-0.05, 0) is 17.7 Å². The quantitative estimate of drug-likeness (QED) is 0.809. The molecule has 0 aliphatic carbocycles. The van der Waals surface area contributed by atoms with Crippen molar-refractivity contribution >= 4 is 5.90 Å². The average Bonchev–Trinajstić information content (AvgIpc) is 2.69.